The summed E-state index contributed by atoms with van der Waals surface area (Å²) in [6, 6.07) is 3.61. The Bertz CT molecular complexity index is 308. The minimum atomic E-state index is -0.143. The lowest BCUT2D eigenvalue weighted by atomic mass is 10.1. The Labute approximate surface area is 88.9 Å². The highest BCUT2D eigenvalue weighted by molar-refractivity contribution is 5.85. The normalized spacial score (nSPS) is 16.3. The van der Waals surface area contributed by atoms with Crippen molar-refractivity contribution in [3.63, 3.8) is 0 Å². The Morgan fingerprint density at radius 2 is 2.47 bits per heavy atom. The molecule has 0 aliphatic heterocycles. The SMILES string of the molecule is CCC(NC(C)c1ccco1)C(N)=NO. The first kappa shape index (κ1) is 11.6. The van der Waals surface area contributed by atoms with E-state index in [2.05, 4.69) is 10.5 Å². The van der Waals surface area contributed by atoms with Crippen LogP contribution in [-0.4, -0.2) is 17.1 Å². The first-order valence-electron chi connectivity index (χ1n) is 4.95. The first-order chi connectivity index (χ1) is 7.19. The average molecular weight is 211 g/mol. The highest BCUT2D eigenvalue weighted by atomic mass is 16.4. The van der Waals surface area contributed by atoms with Crippen LogP contribution in [0, 0.1) is 0 Å². The molecule has 0 aliphatic carbocycles. The minimum Gasteiger partial charge on any atom is -0.468 e. The van der Waals surface area contributed by atoms with Gasteiger partial charge in [0.25, 0.3) is 0 Å². The van der Waals surface area contributed by atoms with Crippen molar-refractivity contribution in [1.82, 2.24) is 5.32 Å². The molecule has 1 heterocycles. The molecule has 0 bridgehead atoms. The summed E-state index contributed by atoms with van der Waals surface area (Å²) in [6.07, 6.45) is 2.37. The van der Waals surface area contributed by atoms with Crippen molar-refractivity contribution in [2.75, 3.05) is 0 Å². The summed E-state index contributed by atoms with van der Waals surface area (Å²) in [5.74, 6) is 1.02. The zero-order valence-electron chi connectivity index (χ0n) is 8.97. The fourth-order valence-electron chi connectivity index (χ4n) is 1.40. The van der Waals surface area contributed by atoms with Gasteiger partial charge < -0.3 is 15.4 Å². The van der Waals surface area contributed by atoms with Crippen LogP contribution in [0.2, 0.25) is 0 Å². The topological polar surface area (TPSA) is 83.8 Å². The Hall–Kier alpha value is -1.49. The van der Waals surface area contributed by atoms with Crippen molar-refractivity contribution < 1.29 is 9.62 Å². The van der Waals surface area contributed by atoms with Gasteiger partial charge in [0.15, 0.2) is 5.84 Å². The Kier molecular flexibility index (Phi) is 4.17. The highest BCUT2D eigenvalue weighted by Gasteiger charge is 2.16. The van der Waals surface area contributed by atoms with Gasteiger partial charge in [-0.1, -0.05) is 12.1 Å². The van der Waals surface area contributed by atoms with E-state index in [1.807, 2.05) is 26.0 Å². The predicted octanol–water partition coefficient (Wildman–Crippen LogP) is 1.46. The van der Waals surface area contributed by atoms with Crippen LogP contribution < -0.4 is 11.1 Å². The maximum absolute atomic E-state index is 8.58. The van der Waals surface area contributed by atoms with E-state index >= 15 is 0 Å². The van der Waals surface area contributed by atoms with Gasteiger partial charge in [0, 0.05) is 0 Å². The van der Waals surface area contributed by atoms with Gasteiger partial charge in [0.2, 0.25) is 0 Å². The number of oxime groups is 1. The third-order valence-corrected chi connectivity index (χ3v) is 2.30. The molecule has 0 radical (unpaired) electrons. The molecule has 4 N–H and O–H groups in total. The number of nitrogens with zero attached hydrogens (tertiary/aromatic N) is 1. The van der Waals surface area contributed by atoms with E-state index in [0.29, 0.717) is 0 Å². The molecule has 2 unspecified atom stereocenters. The van der Waals surface area contributed by atoms with E-state index in [9.17, 15) is 0 Å². The summed E-state index contributed by atoms with van der Waals surface area (Å²) in [6.45, 7) is 3.93. The van der Waals surface area contributed by atoms with Crippen molar-refractivity contribution >= 4 is 5.84 Å². The molecule has 0 aromatic carbocycles. The minimum absolute atomic E-state index is 0.0326. The molecule has 0 aliphatic rings. The van der Waals surface area contributed by atoms with Crippen LogP contribution in [0.5, 0.6) is 0 Å². The number of hydrogen-bond acceptors (Lipinski definition) is 4. The van der Waals surface area contributed by atoms with Gasteiger partial charge in [-0.2, -0.15) is 0 Å². The summed E-state index contributed by atoms with van der Waals surface area (Å²) >= 11 is 0. The van der Waals surface area contributed by atoms with E-state index in [1.165, 1.54) is 0 Å². The van der Waals surface area contributed by atoms with Crippen LogP contribution in [0.25, 0.3) is 0 Å². The predicted molar refractivity (Wildman–Crippen MR) is 57.7 cm³/mol. The average Bonchev–Trinajstić information content (AvgIpc) is 2.77. The zero-order valence-corrected chi connectivity index (χ0v) is 8.97. The molecule has 0 saturated carbocycles. The van der Waals surface area contributed by atoms with Gasteiger partial charge in [0.1, 0.15) is 5.76 Å². The summed E-state index contributed by atoms with van der Waals surface area (Å²) in [7, 11) is 0. The van der Waals surface area contributed by atoms with Crippen LogP contribution in [-0.2, 0) is 0 Å². The third kappa shape index (κ3) is 2.99. The Morgan fingerprint density at radius 3 is 2.93 bits per heavy atom. The van der Waals surface area contributed by atoms with E-state index in [-0.39, 0.29) is 17.9 Å². The van der Waals surface area contributed by atoms with Crippen molar-refractivity contribution in [2.24, 2.45) is 10.9 Å². The monoisotopic (exact) mass is 211 g/mol. The molecular weight excluding hydrogens is 194 g/mol. The fourth-order valence-corrected chi connectivity index (χ4v) is 1.40. The van der Waals surface area contributed by atoms with Gasteiger partial charge in [-0.3, -0.25) is 5.32 Å². The summed E-state index contributed by atoms with van der Waals surface area (Å²) in [5, 5.41) is 14.8. The number of rotatable bonds is 5. The lowest BCUT2D eigenvalue weighted by molar-refractivity contribution is 0.312. The number of nitrogens with one attached hydrogen (secondary N) is 1. The molecule has 0 amide bonds. The first-order valence-corrected chi connectivity index (χ1v) is 4.95. The second kappa shape index (κ2) is 5.41. The molecular formula is C10H17N3O2. The van der Waals surface area contributed by atoms with Crippen molar-refractivity contribution in [3.05, 3.63) is 24.2 Å². The van der Waals surface area contributed by atoms with Gasteiger partial charge >= 0.3 is 0 Å². The van der Waals surface area contributed by atoms with Crippen LogP contribution in [0.4, 0.5) is 0 Å². The molecule has 5 nitrogen and oxygen atoms in total. The van der Waals surface area contributed by atoms with Gasteiger partial charge in [-0.05, 0) is 25.5 Å². The van der Waals surface area contributed by atoms with E-state index < -0.39 is 0 Å². The van der Waals surface area contributed by atoms with Crippen LogP contribution in [0.1, 0.15) is 32.1 Å². The zero-order chi connectivity index (χ0) is 11.3. The summed E-state index contributed by atoms with van der Waals surface area (Å²) in [4.78, 5) is 0. The van der Waals surface area contributed by atoms with Crippen molar-refractivity contribution in [3.8, 4) is 0 Å². The van der Waals surface area contributed by atoms with Gasteiger partial charge in [-0.25, -0.2) is 0 Å². The lowest BCUT2D eigenvalue weighted by Crippen LogP contribution is -2.42. The number of hydrogen-bond donors (Lipinski definition) is 3. The molecule has 15 heavy (non-hydrogen) atoms. The van der Waals surface area contributed by atoms with E-state index in [0.717, 1.165) is 12.2 Å². The maximum atomic E-state index is 8.58. The maximum Gasteiger partial charge on any atom is 0.156 e. The molecule has 0 fully saturated rings. The van der Waals surface area contributed by atoms with Crippen LogP contribution in [0.3, 0.4) is 0 Å². The molecule has 0 spiro atoms. The molecule has 84 valence electrons. The largest absolute Gasteiger partial charge is 0.468 e. The van der Waals surface area contributed by atoms with Crippen LogP contribution in [0.15, 0.2) is 28.0 Å². The van der Waals surface area contributed by atoms with E-state index in [4.69, 9.17) is 15.4 Å². The highest BCUT2D eigenvalue weighted by Crippen LogP contribution is 2.13. The van der Waals surface area contributed by atoms with Crippen molar-refractivity contribution in [2.45, 2.75) is 32.4 Å². The summed E-state index contributed by atoms with van der Waals surface area (Å²) in [5.41, 5.74) is 5.54. The number of amidine groups is 1. The fraction of sp³-hybridized carbons (Fsp3) is 0.500. The summed E-state index contributed by atoms with van der Waals surface area (Å²) < 4.78 is 5.25. The Morgan fingerprint density at radius 1 is 1.73 bits per heavy atom. The third-order valence-electron chi connectivity index (χ3n) is 2.30. The second-order valence-corrected chi connectivity index (χ2v) is 3.39. The van der Waals surface area contributed by atoms with Crippen molar-refractivity contribution in [1.29, 1.82) is 0 Å². The molecule has 2 atom stereocenters. The molecule has 1 aromatic heterocycles. The number of nitrogens with two attached hydrogens (primary N) is 1. The molecule has 1 rings (SSSR count). The molecule has 5 heteroatoms. The number of furan rings is 1. The van der Waals surface area contributed by atoms with Crippen LogP contribution >= 0.6 is 0 Å². The standard InChI is InChI=1S/C10H17N3O2/c1-3-8(10(11)13-14)12-7(2)9-5-4-6-15-9/h4-8,12,14H,3H2,1-2H3,(H2,11,13). The van der Waals surface area contributed by atoms with Gasteiger partial charge in [-0.15, -0.1) is 0 Å². The lowest BCUT2D eigenvalue weighted by Gasteiger charge is -2.19. The molecule has 1 aromatic rings. The van der Waals surface area contributed by atoms with Gasteiger partial charge in [0.05, 0.1) is 18.3 Å². The second-order valence-electron chi connectivity index (χ2n) is 3.39. The Balaban J connectivity index is 2.60. The quantitative estimate of drug-likeness (QED) is 0.298. The van der Waals surface area contributed by atoms with E-state index in [1.54, 1.807) is 6.26 Å². The molecule has 0 saturated heterocycles. The smallest absolute Gasteiger partial charge is 0.156 e.